The van der Waals surface area contributed by atoms with Crippen molar-refractivity contribution in [3.63, 3.8) is 0 Å². The van der Waals surface area contributed by atoms with Gasteiger partial charge in [-0.15, -0.1) is 0 Å². The van der Waals surface area contributed by atoms with Gasteiger partial charge >= 0.3 is 0 Å². The Morgan fingerprint density at radius 3 is 2.58 bits per heavy atom. The first-order valence-corrected chi connectivity index (χ1v) is 7.20. The molecule has 0 aliphatic heterocycles. The Morgan fingerprint density at radius 1 is 1.32 bits per heavy atom. The van der Waals surface area contributed by atoms with Crippen molar-refractivity contribution in [1.29, 1.82) is 0 Å². The molecule has 0 fully saturated rings. The van der Waals surface area contributed by atoms with E-state index in [9.17, 15) is 9.90 Å². The van der Waals surface area contributed by atoms with E-state index in [2.05, 4.69) is 5.32 Å². The van der Waals surface area contributed by atoms with Crippen molar-refractivity contribution < 1.29 is 9.90 Å². The molecule has 1 aromatic carbocycles. The van der Waals surface area contributed by atoms with Crippen LogP contribution in [0.3, 0.4) is 0 Å². The number of hydrogen-bond donors (Lipinski definition) is 2. The van der Waals surface area contributed by atoms with Crippen molar-refractivity contribution >= 4 is 40.4 Å². The van der Waals surface area contributed by atoms with Crippen LogP contribution in [0.5, 0.6) is 0 Å². The lowest BCUT2D eigenvalue weighted by Gasteiger charge is -2.11. The van der Waals surface area contributed by atoms with E-state index in [0.717, 1.165) is 5.56 Å². The molecule has 19 heavy (non-hydrogen) atoms. The zero-order valence-electron chi connectivity index (χ0n) is 9.77. The molecular weight excluding hydrogens is 305 g/mol. The van der Waals surface area contributed by atoms with Crippen LogP contribution in [0.15, 0.2) is 35.0 Å². The molecule has 1 unspecified atom stereocenters. The highest BCUT2D eigenvalue weighted by Crippen LogP contribution is 2.19. The summed E-state index contributed by atoms with van der Waals surface area (Å²) in [7, 11) is 0. The Morgan fingerprint density at radius 2 is 2.00 bits per heavy atom. The monoisotopic (exact) mass is 315 g/mol. The molecule has 2 aromatic rings. The van der Waals surface area contributed by atoms with E-state index < -0.39 is 6.10 Å². The van der Waals surface area contributed by atoms with Gasteiger partial charge in [0.2, 0.25) is 0 Å². The van der Waals surface area contributed by atoms with Crippen LogP contribution in [0.25, 0.3) is 0 Å². The average Bonchev–Trinajstić information content (AvgIpc) is 2.88. The smallest absolute Gasteiger partial charge is 0.251 e. The lowest BCUT2D eigenvalue weighted by atomic mass is 10.2. The van der Waals surface area contributed by atoms with Crippen LogP contribution in [0.1, 0.15) is 22.0 Å². The number of aliphatic hydroxyl groups excluding tert-OH is 1. The number of rotatable bonds is 4. The van der Waals surface area contributed by atoms with E-state index >= 15 is 0 Å². The largest absolute Gasteiger partial charge is 0.387 e. The van der Waals surface area contributed by atoms with Crippen molar-refractivity contribution in [3.05, 3.63) is 56.2 Å². The molecule has 0 aliphatic carbocycles. The Labute approximate surface area is 124 Å². The molecule has 100 valence electrons. The summed E-state index contributed by atoms with van der Waals surface area (Å²) in [6, 6.07) is 6.43. The summed E-state index contributed by atoms with van der Waals surface area (Å²) in [5, 5.41) is 17.0. The maximum Gasteiger partial charge on any atom is 0.251 e. The minimum absolute atomic E-state index is 0.139. The fourth-order valence-corrected chi connectivity index (χ4v) is 2.79. The molecule has 3 nitrogen and oxygen atoms in total. The van der Waals surface area contributed by atoms with Crippen molar-refractivity contribution in [1.82, 2.24) is 5.32 Å². The van der Waals surface area contributed by atoms with Crippen molar-refractivity contribution in [2.75, 3.05) is 6.54 Å². The van der Waals surface area contributed by atoms with Crippen molar-refractivity contribution in [3.8, 4) is 0 Å². The number of halogens is 2. The number of hydrogen-bond acceptors (Lipinski definition) is 3. The first kappa shape index (κ1) is 14.3. The third-order valence-electron chi connectivity index (χ3n) is 2.51. The molecule has 2 N–H and O–H groups in total. The van der Waals surface area contributed by atoms with Gasteiger partial charge in [0.15, 0.2) is 0 Å². The highest BCUT2D eigenvalue weighted by Gasteiger charge is 2.12. The second-order valence-corrected chi connectivity index (χ2v) is 5.59. The molecule has 2 rings (SSSR count). The van der Waals surface area contributed by atoms with Crippen LogP contribution >= 0.6 is 34.5 Å². The Balaban J connectivity index is 1.98. The second-order valence-electron chi connectivity index (χ2n) is 3.94. The third-order valence-corrected chi connectivity index (χ3v) is 3.65. The van der Waals surface area contributed by atoms with Gasteiger partial charge in [0.1, 0.15) is 0 Å². The number of nitrogens with one attached hydrogen (secondary N) is 1. The molecule has 0 radical (unpaired) electrons. The van der Waals surface area contributed by atoms with Crippen LogP contribution in [-0.2, 0) is 0 Å². The SMILES string of the molecule is O=C(NCC(O)c1ccsc1)c1cc(Cl)cc(Cl)c1. The molecule has 0 saturated heterocycles. The predicted octanol–water partition coefficient (Wildman–Crippen LogP) is 3.52. The summed E-state index contributed by atoms with van der Waals surface area (Å²) in [6.45, 7) is 0.139. The lowest BCUT2D eigenvalue weighted by molar-refractivity contribution is 0.0916. The summed E-state index contributed by atoms with van der Waals surface area (Å²) in [4.78, 5) is 11.9. The second kappa shape index (κ2) is 6.39. The molecule has 1 amide bonds. The predicted molar refractivity (Wildman–Crippen MR) is 78.1 cm³/mol. The normalized spacial score (nSPS) is 12.2. The van der Waals surface area contributed by atoms with Gasteiger partial charge in [0.05, 0.1) is 6.10 Å². The van der Waals surface area contributed by atoms with Crippen LogP contribution in [0.4, 0.5) is 0 Å². The van der Waals surface area contributed by atoms with Gasteiger partial charge in [-0.3, -0.25) is 4.79 Å². The quantitative estimate of drug-likeness (QED) is 0.907. The minimum atomic E-state index is -0.718. The summed E-state index contributed by atoms with van der Waals surface area (Å²) >= 11 is 13.1. The molecular formula is C13H11Cl2NO2S. The average molecular weight is 316 g/mol. The summed E-state index contributed by atoms with van der Waals surface area (Å²) < 4.78 is 0. The standard InChI is InChI=1S/C13H11Cl2NO2S/c14-10-3-9(4-11(15)5-10)13(18)16-6-12(17)8-1-2-19-7-8/h1-5,7,12,17H,6H2,(H,16,18). The van der Waals surface area contributed by atoms with Gasteiger partial charge in [0, 0.05) is 22.2 Å². The molecule has 1 heterocycles. The van der Waals surface area contributed by atoms with E-state index in [1.807, 2.05) is 16.8 Å². The zero-order valence-corrected chi connectivity index (χ0v) is 12.1. The van der Waals surface area contributed by atoms with Crippen molar-refractivity contribution in [2.45, 2.75) is 6.10 Å². The lowest BCUT2D eigenvalue weighted by Crippen LogP contribution is -2.28. The number of carbonyl (C=O) groups excluding carboxylic acids is 1. The Kier molecular flexibility index (Phi) is 4.82. The topological polar surface area (TPSA) is 49.3 Å². The van der Waals surface area contributed by atoms with Gasteiger partial charge in [-0.25, -0.2) is 0 Å². The summed E-state index contributed by atoms with van der Waals surface area (Å²) in [5.41, 5.74) is 1.16. The van der Waals surface area contributed by atoms with Gasteiger partial charge in [-0.2, -0.15) is 11.3 Å². The molecule has 0 saturated carbocycles. The minimum Gasteiger partial charge on any atom is -0.387 e. The molecule has 0 bridgehead atoms. The van der Waals surface area contributed by atoms with Crippen LogP contribution in [-0.4, -0.2) is 17.6 Å². The van der Waals surface area contributed by atoms with E-state index in [1.165, 1.54) is 23.5 Å². The van der Waals surface area contributed by atoms with E-state index in [1.54, 1.807) is 6.07 Å². The number of thiophene rings is 1. The Bertz CT molecular complexity index is 552. The summed E-state index contributed by atoms with van der Waals surface area (Å²) in [6.07, 6.45) is -0.718. The number of aliphatic hydroxyl groups is 1. The number of benzene rings is 1. The molecule has 0 spiro atoms. The van der Waals surface area contributed by atoms with Crippen LogP contribution in [0, 0.1) is 0 Å². The van der Waals surface area contributed by atoms with Crippen LogP contribution < -0.4 is 5.32 Å². The fourth-order valence-electron chi connectivity index (χ4n) is 1.56. The molecule has 6 heteroatoms. The van der Waals surface area contributed by atoms with Gasteiger partial charge in [0.25, 0.3) is 5.91 Å². The number of amides is 1. The maximum atomic E-state index is 11.9. The summed E-state index contributed by atoms with van der Waals surface area (Å²) in [5.74, 6) is -0.321. The first-order chi connectivity index (χ1) is 9.06. The van der Waals surface area contributed by atoms with E-state index in [0.29, 0.717) is 15.6 Å². The van der Waals surface area contributed by atoms with E-state index in [4.69, 9.17) is 23.2 Å². The van der Waals surface area contributed by atoms with Gasteiger partial charge in [-0.1, -0.05) is 23.2 Å². The van der Waals surface area contributed by atoms with Gasteiger partial charge in [-0.05, 0) is 40.6 Å². The molecule has 1 aromatic heterocycles. The third kappa shape index (κ3) is 3.94. The maximum absolute atomic E-state index is 11.9. The highest BCUT2D eigenvalue weighted by atomic mass is 35.5. The highest BCUT2D eigenvalue weighted by molar-refractivity contribution is 7.07. The number of carbonyl (C=O) groups is 1. The van der Waals surface area contributed by atoms with Gasteiger partial charge < -0.3 is 10.4 Å². The zero-order chi connectivity index (χ0) is 13.8. The Hall–Kier alpha value is -1.07. The fraction of sp³-hybridized carbons (Fsp3) is 0.154. The van der Waals surface area contributed by atoms with E-state index in [-0.39, 0.29) is 12.5 Å². The molecule has 0 aliphatic rings. The first-order valence-electron chi connectivity index (χ1n) is 5.50. The van der Waals surface area contributed by atoms with Crippen molar-refractivity contribution in [2.24, 2.45) is 0 Å². The van der Waals surface area contributed by atoms with Crippen LogP contribution in [0.2, 0.25) is 10.0 Å². The molecule has 1 atom stereocenters.